The van der Waals surface area contributed by atoms with Crippen molar-refractivity contribution in [2.24, 2.45) is 0 Å². The Morgan fingerprint density at radius 2 is 2.04 bits per heavy atom. The summed E-state index contributed by atoms with van der Waals surface area (Å²) in [5.74, 6) is 0.313. The van der Waals surface area contributed by atoms with Gasteiger partial charge in [0, 0.05) is 38.2 Å². The van der Waals surface area contributed by atoms with Crippen LogP contribution >= 0.6 is 0 Å². The molecule has 5 heteroatoms. The number of hydrogen-bond donors (Lipinski definition) is 0. The average Bonchev–Trinajstić information content (AvgIpc) is 2.55. The molecule has 1 aromatic carbocycles. The van der Waals surface area contributed by atoms with Crippen molar-refractivity contribution in [3.8, 4) is 0 Å². The van der Waals surface area contributed by atoms with Crippen molar-refractivity contribution in [3.05, 3.63) is 29.8 Å². The topological polar surface area (TPSA) is 49.9 Å². The first-order chi connectivity index (χ1) is 11.9. The molecule has 2 amide bonds. The van der Waals surface area contributed by atoms with Crippen molar-refractivity contribution in [2.75, 3.05) is 24.5 Å². The highest BCUT2D eigenvalue weighted by Crippen LogP contribution is 2.28. The summed E-state index contributed by atoms with van der Waals surface area (Å²) in [6.07, 6.45) is 2.58. The van der Waals surface area contributed by atoms with Gasteiger partial charge in [-0.1, -0.05) is 18.2 Å². The maximum Gasteiger partial charge on any atom is 0.227 e. The molecule has 2 aliphatic rings. The van der Waals surface area contributed by atoms with Crippen LogP contribution in [0.15, 0.2) is 24.3 Å². The Morgan fingerprint density at radius 1 is 1.28 bits per heavy atom. The number of anilines is 1. The second kappa shape index (κ2) is 7.16. The summed E-state index contributed by atoms with van der Waals surface area (Å²) in [5, 5.41) is 0. The zero-order chi connectivity index (χ0) is 18.0. The van der Waals surface area contributed by atoms with Gasteiger partial charge in [-0.05, 0) is 45.2 Å². The van der Waals surface area contributed by atoms with Gasteiger partial charge in [0.25, 0.3) is 0 Å². The Labute approximate surface area is 149 Å². The van der Waals surface area contributed by atoms with Gasteiger partial charge in [0.1, 0.15) is 0 Å². The zero-order valence-electron chi connectivity index (χ0n) is 15.5. The summed E-state index contributed by atoms with van der Waals surface area (Å²) in [5.41, 5.74) is 1.93. The third-order valence-corrected chi connectivity index (χ3v) is 4.89. The lowest BCUT2D eigenvalue weighted by Gasteiger charge is -2.41. The molecular weight excluding hydrogens is 316 g/mol. The minimum absolute atomic E-state index is 0.0586. The van der Waals surface area contributed by atoms with Crippen LogP contribution in [-0.4, -0.2) is 48.1 Å². The van der Waals surface area contributed by atoms with Gasteiger partial charge in [-0.15, -0.1) is 0 Å². The molecule has 1 fully saturated rings. The van der Waals surface area contributed by atoms with Crippen molar-refractivity contribution >= 4 is 17.5 Å². The van der Waals surface area contributed by atoms with E-state index in [9.17, 15) is 9.59 Å². The normalized spacial score (nSPS) is 22.7. The van der Waals surface area contributed by atoms with Crippen LogP contribution in [0.2, 0.25) is 0 Å². The summed E-state index contributed by atoms with van der Waals surface area (Å²) in [6.45, 7) is 7.92. The monoisotopic (exact) mass is 344 g/mol. The number of nitrogens with zero attached hydrogens (tertiary/aromatic N) is 2. The van der Waals surface area contributed by atoms with E-state index in [1.807, 2.05) is 48.8 Å². The number of benzene rings is 1. The van der Waals surface area contributed by atoms with E-state index in [-0.39, 0.29) is 23.5 Å². The van der Waals surface area contributed by atoms with Crippen LogP contribution in [0.5, 0.6) is 0 Å². The van der Waals surface area contributed by atoms with E-state index in [2.05, 4.69) is 6.07 Å². The fourth-order valence-corrected chi connectivity index (χ4v) is 3.93. The van der Waals surface area contributed by atoms with Gasteiger partial charge >= 0.3 is 0 Å². The van der Waals surface area contributed by atoms with Crippen molar-refractivity contribution < 1.29 is 14.3 Å². The smallest absolute Gasteiger partial charge is 0.227 e. The molecule has 136 valence electrons. The van der Waals surface area contributed by atoms with Crippen LogP contribution in [0.4, 0.5) is 5.69 Å². The lowest BCUT2D eigenvalue weighted by Crippen LogP contribution is -2.53. The van der Waals surface area contributed by atoms with E-state index in [4.69, 9.17) is 4.74 Å². The lowest BCUT2D eigenvalue weighted by molar-refractivity contribution is -0.158. The molecule has 5 nitrogen and oxygen atoms in total. The number of fused-ring (bicyclic) bond motifs is 1. The predicted octanol–water partition coefficient (Wildman–Crippen LogP) is 2.77. The van der Waals surface area contributed by atoms with Gasteiger partial charge in [-0.25, -0.2) is 0 Å². The fraction of sp³-hybridized carbons (Fsp3) is 0.600. The summed E-state index contributed by atoms with van der Waals surface area (Å²) >= 11 is 0. The van der Waals surface area contributed by atoms with Crippen molar-refractivity contribution in [1.29, 1.82) is 0 Å². The molecule has 2 aliphatic heterocycles. The molecular formula is C20H28N2O3. The van der Waals surface area contributed by atoms with E-state index in [0.29, 0.717) is 38.9 Å². The first kappa shape index (κ1) is 17.9. The van der Waals surface area contributed by atoms with Gasteiger partial charge in [0.2, 0.25) is 11.8 Å². The Morgan fingerprint density at radius 3 is 2.80 bits per heavy atom. The molecule has 0 unspecified atom stereocenters. The van der Waals surface area contributed by atoms with Gasteiger partial charge < -0.3 is 14.5 Å². The molecule has 0 radical (unpaired) electrons. The van der Waals surface area contributed by atoms with Crippen molar-refractivity contribution in [2.45, 2.75) is 58.2 Å². The van der Waals surface area contributed by atoms with Crippen LogP contribution in [0.1, 0.15) is 45.6 Å². The molecule has 0 saturated carbocycles. The van der Waals surface area contributed by atoms with Crippen LogP contribution in [0, 0.1) is 0 Å². The molecule has 1 saturated heterocycles. The minimum atomic E-state index is -0.297. The lowest BCUT2D eigenvalue weighted by atomic mass is 10.0. The van der Waals surface area contributed by atoms with E-state index in [1.165, 1.54) is 5.56 Å². The molecule has 2 heterocycles. The standard InChI is InChI=1S/C20H28N2O3/c1-15-13-21(14-20(2,3)25-15)18(23)9-6-12-22-17-8-5-4-7-16(17)10-11-19(22)24/h4-5,7-8,15H,6,9-14H2,1-3H3/t15-/m0/s1. The molecule has 25 heavy (non-hydrogen) atoms. The van der Waals surface area contributed by atoms with Crippen molar-refractivity contribution in [1.82, 2.24) is 4.90 Å². The Bertz CT molecular complexity index is 656. The quantitative estimate of drug-likeness (QED) is 0.844. The number of morpholine rings is 1. The number of hydrogen-bond acceptors (Lipinski definition) is 3. The minimum Gasteiger partial charge on any atom is -0.369 e. The van der Waals surface area contributed by atoms with Gasteiger partial charge in [-0.3, -0.25) is 9.59 Å². The molecule has 0 bridgehead atoms. The number of carbonyl (C=O) groups is 2. The molecule has 0 N–H and O–H groups in total. The molecule has 0 spiro atoms. The average molecular weight is 344 g/mol. The summed E-state index contributed by atoms with van der Waals surface area (Å²) in [7, 11) is 0. The predicted molar refractivity (Wildman–Crippen MR) is 97.6 cm³/mol. The van der Waals surface area contributed by atoms with E-state index < -0.39 is 0 Å². The van der Waals surface area contributed by atoms with Crippen LogP contribution in [0.25, 0.3) is 0 Å². The van der Waals surface area contributed by atoms with Crippen LogP contribution < -0.4 is 4.90 Å². The number of aryl methyl sites for hydroxylation is 1. The number of rotatable bonds is 4. The fourth-order valence-electron chi connectivity index (χ4n) is 3.93. The summed E-state index contributed by atoms with van der Waals surface area (Å²) in [6, 6.07) is 8.06. The van der Waals surface area contributed by atoms with Crippen molar-refractivity contribution in [3.63, 3.8) is 0 Å². The third-order valence-electron chi connectivity index (χ3n) is 4.89. The Hall–Kier alpha value is -1.88. The highest BCUT2D eigenvalue weighted by atomic mass is 16.5. The second-order valence-corrected chi connectivity index (χ2v) is 7.74. The third kappa shape index (κ3) is 4.21. The molecule has 0 aliphatic carbocycles. The van der Waals surface area contributed by atoms with E-state index in [0.717, 1.165) is 12.1 Å². The zero-order valence-corrected chi connectivity index (χ0v) is 15.5. The highest BCUT2D eigenvalue weighted by Gasteiger charge is 2.33. The maximum atomic E-state index is 12.6. The largest absolute Gasteiger partial charge is 0.369 e. The van der Waals surface area contributed by atoms with Gasteiger partial charge in [0.05, 0.1) is 11.7 Å². The Balaban J connectivity index is 1.56. The summed E-state index contributed by atoms with van der Waals surface area (Å²) in [4.78, 5) is 28.6. The maximum absolute atomic E-state index is 12.6. The first-order valence-corrected chi connectivity index (χ1v) is 9.19. The molecule has 1 atom stereocenters. The SMILES string of the molecule is C[C@H]1CN(C(=O)CCCN2C(=O)CCc3ccccc32)CC(C)(C)O1. The van der Waals surface area contributed by atoms with E-state index in [1.54, 1.807) is 0 Å². The number of carbonyl (C=O) groups excluding carboxylic acids is 2. The number of ether oxygens (including phenoxy) is 1. The molecule has 3 rings (SSSR count). The molecule has 0 aromatic heterocycles. The summed E-state index contributed by atoms with van der Waals surface area (Å²) < 4.78 is 5.86. The van der Waals surface area contributed by atoms with Gasteiger partial charge in [-0.2, -0.15) is 0 Å². The van der Waals surface area contributed by atoms with E-state index >= 15 is 0 Å². The van der Waals surface area contributed by atoms with Crippen LogP contribution in [0.3, 0.4) is 0 Å². The number of amides is 2. The second-order valence-electron chi connectivity index (χ2n) is 7.74. The first-order valence-electron chi connectivity index (χ1n) is 9.19. The molecule has 1 aromatic rings. The number of para-hydroxylation sites is 1. The van der Waals surface area contributed by atoms with Gasteiger partial charge in [0.15, 0.2) is 0 Å². The van der Waals surface area contributed by atoms with Crippen LogP contribution in [-0.2, 0) is 20.7 Å². The Kier molecular flexibility index (Phi) is 5.13. The highest BCUT2D eigenvalue weighted by molar-refractivity contribution is 5.96.